The van der Waals surface area contributed by atoms with Crippen LogP contribution < -0.4 is 10.5 Å². The summed E-state index contributed by atoms with van der Waals surface area (Å²) in [5, 5.41) is 0. The minimum Gasteiger partial charge on any atom is -0.495 e. The van der Waals surface area contributed by atoms with Crippen LogP contribution >= 0.6 is 0 Å². The van der Waals surface area contributed by atoms with Crippen LogP contribution in [0.4, 0.5) is 5.69 Å². The molecule has 1 saturated heterocycles. The van der Waals surface area contributed by atoms with Gasteiger partial charge in [0.2, 0.25) is 11.8 Å². The van der Waals surface area contributed by atoms with E-state index in [2.05, 4.69) is 0 Å². The van der Waals surface area contributed by atoms with Crippen LogP contribution in [0.3, 0.4) is 0 Å². The highest BCUT2D eigenvalue weighted by Gasteiger charge is 2.37. The van der Waals surface area contributed by atoms with Crippen molar-refractivity contribution in [1.29, 1.82) is 0 Å². The largest absolute Gasteiger partial charge is 0.495 e. The molecule has 0 spiro atoms. The van der Waals surface area contributed by atoms with E-state index in [1.165, 1.54) is 4.90 Å². The molecule has 0 saturated carbocycles. The Kier molecular flexibility index (Phi) is 3.70. The number of hydrogen-bond donors (Lipinski definition) is 1. The van der Waals surface area contributed by atoms with Crippen LogP contribution in [-0.4, -0.2) is 23.8 Å². The van der Waals surface area contributed by atoms with E-state index in [0.717, 1.165) is 5.56 Å². The number of rotatable bonds is 3. The fraction of sp³-hybridized carbons (Fsp3) is 0.467. The van der Waals surface area contributed by atoms with Crippen molar-refractivity contribution in [2.24, 2.45) is 5.41 Å². The van der Waals surface area contributed by atoms with Gasteiger partial charge in [0.25, 0.3) is 0 Å². The van der Waals surface area contributed by atoms with Gasteiger partial charge in [-0.3, -0.25) is 14.5 Å². The first-order valence-electron chi connectivity index (χ1n) is 6.58. The van der Waals surface area contributed by atoms with Gasteiger partial charge in [0.05, 0.1) is 19.3 Å². The lowest BCUT2D eigenvalue weighted by atomic mass is 9.81. The summed E-state index contributed by atoms with van der Waals surface area (Å²) in [6.45, 7) is 4.14. The molecule has 108 valence electrons. The minimum atomic E-state index is -0.246. The van der Waals surface area contributed by atoms with Gasteiger partial charge in [0, 0.05) is 12.8 Å². The molecule has 1 aliphatic heterocycles. The number of carbonyl (C=O) groups excluding carboxylic acids is 2. The van der Waals surface area contributed by atoms with Gasteiger partial charge in [-0.1, -0.05) is 19.9 Å². The molecule has 1 heterocycles. The van der Waals surface area contributed by atoms with Crippen molar-refractivity contribution in [1.82, 2.24) is 4.90 Å². The highest BCUT2D eigenvalue weighted by molar-refractivity contribution is 5.98. The highest BCUT2D eigenvalue weighted by Crippen LogP contribution is 2.32. The number of anilines is 1. The smallest absolute Gasteiger partial charge is 0.230 e. The van der Waals surface area contributed by atoms with E-state index in [-0.39, 0.29) is 23.8 Å². The number of benzene rings is 1. The number of methoxy groups -OCH3 is 1. The van der Waals surface area contributed by atoms with Crippen LogP contribution in [0.1, 0.15) is 32.3 Å². The van der Waals surface area contributed by atoms with Gasteiger partial charge < -0.3 is 10.5 Å². The van der Waals surface area contributed by atoms with E-state index < -0.39 is 0 Å². The van der Waals surface area contributed by atoms with E-state index in [9.17, 15) is 9.59 Å². The molecule has 5 heteroatoms. The number of nitrogens with two attached hydrogens (primary N) is 1. The second kappa shape index (κ2) is 5.15. The molecular formula is C15H20N2O3. The predicted molar refractivity (Wildman–Crippen MR) is 76.0 cm³/mol. The Morgan fingerprint density at radius 1 is 1.25 bits per heavy atom. The Labute approximate surface area is 118 Å². The summed E-state index contributed by atoms with van der Waals surface area (Å²) in [6.07, 6.45) is 0.786. The van der Waals surface area contributed by atoms with Crippen LogP contribution in [0.2, 0.25) is 0 Å². The number of amides is 2. The van der Waals surface area contributed by atoms with Crippen LogP contribution in [0, 0.1) is 5.41 Å². The Bertz CT molecular complexity index is 532. The normalized spacial score (nSPS) is 18.2. The fourth-order valence-corrected chi connectivity index (χ4v) is 2.45. The lowest BCUT2D eigenvalue weighted by Crippen LogP contribution is -2.45. The molecule has 1 aromatic carbocycles. The zero-order valence-electron chi connectivity index (χ0n) is 12.1. The summed E-state index contributed by atoms with van der Waals surface area (Å²) in [5.74, 6) is 0.340. The van der Waals surface area contributed by atoms with Crippen LogP contribution in [0.25, 0.3) is 0 Å². The third kappa shape index (κ3) is 2.92. The summed E-state index contributed by atoms with van der Waals surface area (Å²) < 4.78 is 5.09. The predicted octanol–water partition coefficient (Wildman–Crippen LogP) is 1.95. The Morgan fingerprint density at radius 3 is 2.35 bits per heavy atom. The fourth-order valence-electron chi connectivity index (χ4n) is 2.45. The summed E-state index contributed by atoms with van der Waals surface area (Å²) in [6, 6.07) is 5.29. The summed E-state index contributed by atoms with van der Waals surface area (Å²) >= 11 is 0. The van der Waals surface area contributed by atoms with Crippen molar-refractivity contribution in [3.63, 3.8) is 0 Å². The van der Waals surface area contributed by atoms with Gasteiger partial charge in [-0.25, -0.2) is 0 Å². The van der Waals surface area contributed by atoms with E-state index in [1.54, 1.807) is 19.2 Å². The first-order chi connectivity index (χ1) is 9.32. The van der Waals surface area contributed by atoms with Crippen molar-refractivity contribution in [3.05, 3.63) is 23.8 Å². The number of likely N-dealkylation sites (tertiary alicyclic amines) is 1. The Hall–Kier alpha value is -2.04. The quantitative estimate of drug-likeness (QED) is 0.676. The second-order valence-corrected chi connectivity index (χ2v) is 5.97. The molecular weight excluding hydrogens is 256 g/mol. The van der Waals surface area contributed by atoms with Gasteiger partial charge in [0.1, 0.15) is 5.75 Å². The first kappa shape index (κ1) is 14.4. The van der Waals surface area contributed by atoms with E-state index in [4.69, 9.17) is 10.5 Å². The highest BCUT2D eigenvalue weighted by atomic mass is 16.5. The SMILES string of the molecule is COc1ccc(CN2C(=O)CC(C)(C)CC2=O)cc1N. The van der Waals surface area contributed by atoms with Crippen molar-refractivity contribution >= 4 is 17.5 Å². The molecule has 0 atom stereocenters. The number of imide groups is 1. The average Bonchev–Trinajstić information content (AvgIpc) is 2.33. The van der Waals surface area contributed by atoms with Gasteiger partial charge in [-0.2, -0.15) is 0 Å². The average molecular weight is 276 g/mol. The second-order valence-electron chi connectivity index (χ2n) is 5.97. The molecule has 5 nitrogen and oxygen atoms in total. The summed E-state index contributed by atoms with van der Waals surface area (Å²) in [5.41, 5.74) is 6.92. The molecule has 1 fully saturated rings. The molecule has 0 unspecified atom stereocenters. The molecule has 0 aliphatic carbocycles. The zero-order valence-corrected chi connectivity index (χ0v) is 12.1. The van der Waals surface area contributed by atoms with E-state index in [0.29, 0.717) is 24.3 Å². The number of nitrogens with zero attached hydrogens (tertiary/aromatic N) is 1. The van der Waals surface area contributed by atoms with Crippen molar-refractivity contribution in [2.75, 3.05) is 12.8 Å². The molecule has 0 bridgehead atoms. The molecule has 20 heavy (non-hydrogen) atoms. The van der Waals surface area contributed by atoms with Crippen LogP contribution in [0.5, 0.6) is 5.75 Å². The van der Waals surface area contributed by atoms with Crippen molar-refractivity contribution < 1.29 is 14.3 Å². The number of carbonyl (C=O) groups is 2. The van der Waals surface area contributed by atoms with Crippen molar-refractivity contribution in [2.45, 2.75) is 33.2 Å². The van der Waals surface area contributed by atoms with E-state index >= 15 is 0 Å². The molecule has 0 radical (unpaired) electrons. The van der Waals surface area contributed by atoms with Crippen LogP contribution in [0.15, 0.2) is 18.2 Å². The first-order valence-corrected chi connectivity index (χ1v) is 6.58. The lowest BCUT2D eigenvalue weighted by Gasteiger charge is -2.34. The molecule has 2 N–H and O–H groups in total. The maximum absolute atomic E-state index is 12.1. The maximum Gasteiger partial charge on any atom is 0.230 e. The Morgan fingerprint density at radius 2 is 1.85 bits per heavy atom. The van der Waals surface area contributed by atoms with Gasteiger partial charge in [-0.05, 0) is 23.1 Å². The number of nitrogen functional groups attached to an aromatic ring is 1. The number of ether oxygens (including phenoxy) is 1. The molecule has 0 aromatic heterocycles. The summed E-state index contributed by atoms with van der Waals surface area (Å²) in [7, 11) is 1.55. The maximum atomic E-state index is 12.1. The van der Waals surface area contributed by atoms with Gasteiger partial charge >= 0.3 is 0 Å². The molecule has 2 rings (SSSR count). The van der Waals surface area contributed by atoms with E-state index in [1.807, 2.05) is 19.9 Å². The molecule has 1 aliphatic rings. The third-order valence-corrected chi connectivity index (χ3v) is 3.50. The number of hydrogen-bond acceptors (Lipinski definition) is 4. The molecule has 1 aromatic rings. The standard InChI is InChI=1S/C15H20N2O3/c1-15(2)7-13(18)17(14(19)8-15)9-10-4-5-12(20-3)11(16)6-10/h4-6H,7-9,16H2,1-3H3. The van der Waals surface area contributed by atoms with Crippen LogP contribution in [-0.2, 0) is 16.1 Å². The monoisotopic (exact) mass is 276 g/mol. The lowest BCUT2D eigenvalue weighted by molar-refractivity contribution is -0.153. The Balaban J connectivity index is 2.16. The minimum absolute atomic E-state index is 0.124. The number of piperidine rings is 1. The third-order valence-electron chi connectivity index (χ3n) is 3.50. The summed E-state index contributed by atoms with van der Waals surface area (Å²) in [4.78, 5) is 25.5. The van der Waals surface area contributed by atoms with Crippen molar-refractivity contribution in [3.8, 4) is 5.75 Å². The zero-order chi connectivity index (χ0) is 14.9. The molecule has 2 amide bonds. The van der Waals surface area contributed by atoms with Gasteiger partial charge in [0.15, 0.2) is 0 Å². The topological polar surface area (TPSA) is 72.6 Å². The van der Waals surface area contributed by atoms with Gasteiger partial charge in [-0.15, -0.1) is 0 Å².